The fourth-order valence-corrected chi connectivity index (χ4v) is 2.47. The Labute approximate surface area is 154 Å². The van der Waals surface area contributed by atoms with Crippen LogP contribution in [0.4, 0.5) is 0 Å². The molecule has 0 aliphatic heterocycles. The molecule has 0 atom stereocenters. The molecule has 0 saturated carbocycles. The Kier molecular flexibility index (Phi) is 6.82. The van der Waals surface area contributed by atoms with Gasteiger partial charge < -0.3 is 19.5 Å². The molecule has 132 valence electrons. The fourth-order valence-electron chi connectivity index (χ4n) is 2.07. The number of carbonyl (C=O) groups excluding carboxylic acids is 2. The van der Waals surface area contributed by atoms with Crippen molar-refractivity contribution >= 4 is 27.8 Å². The second-order valence-electron chi connectivity index (χ2n) is 5.05. The van der Waals surface area contributed by atoms with Crippen LogP contribution in [0, 0.1) is 0 Å². The molecule has 0 radical (unpaired) electrons. The topological polar surface area (TPSA) is 73.9 Å². The Morgan fingerprint density at radius 3 is 2.48 bits per heavy atom. The number of nitrogens with one attached hydrogen (secondary N) is 1. The van der Waals surface area contributed by atoms with E-state index in [2.05, 4.69) is 21.2 Å². The molecule has 7 heteroatoms. The predicted molar refractivity (Wildman–Crippen MR) is 95.8 cm³/mol. The van der Waals surface area contributed by atoms with Crippen LogP contribution in [0.2, 0.25) is 0 Å². The molecule has 1 N–H and O–H groups in total. The van der Waals surface area contributed by atoms with Crippen molar-refractivity contribution in [1.82, 2.24) is 5.32 Å². The van der Waals surface area contributed by atoms with E-state index in [9.17, 15) is 9.59 Å². The van der Waals surface area contributed by atoms with E-state index in [1.165, 1.54) is 0 Å². The van der Waals surface area contributed by atoms with E-state index in [-0.39, 0.29) is 13.2 Å². The maximum absolute atomic E-state index is 11.9. The summed E-state index contributed by atoms with van der Waals surface area (Å²) in [5.41, 5.74) is 1.21. The number of hydrogen-bond acceptors (Lipinski definition) is 5. The molecule has 0 saturated heterocycles. The van der Waals surface area contributed by atoms with Crippen molar-refractivity contribution in [1.29, 1.82) is 0 Å². The first kappa shape index (κ1) is 18.8. The number of methoxy groups -OCH3 is 2. The van der Waals surface area contributed by atoms with Crippen LogP contribution in [0.25, 0.3) is 0 Å². The number of amides is 1. The van der Waals surface area contributed by atoms with Gasteiger partial charge in [-0.3, -0.25) is 4.79 Å². The monoisotopic (exact) mass is 407 g/mol. The third kappa shape index (κ3) is 5.49. The Bertz CT molecular complexity index is 763. The molecule has 1 amide bonds. The van der Waals surface area contributed by atoms with Crippen molar-refractivity contribution in [3.05, 3.63) is 58.1 Å². The molecule has 0 bridgehead atoms. The minimum Gasteiger partial charge on any atom is -0.493 e. The highest BCUT2D eigenvalue weighted by molar-refractivity contribution is 9.10. The van der Waals surface area contributed by atoms with Crippen LogP contribution in [0.15, 0.2) is 46.9 Å². The van der Waals surface area contributed by atoms with Gasteiger partial charge in [-0.25, -0.2) is 4.79 Å². The van der Waals surface area contributed by atoms with Crippen LogP contribution in [0.5, 0.6) is 11.5 Å². The molecule has 0 unspecified atom stereocenters. The molecule has 0 aromatic heterocycles. The summed E-state index contributed by atoms with van der Waals surface area (Å²) in [4.78, 5) is 23.7. The molecule has 0 aliphatic carbocycles. The van der Waals surface area contributed by atoms with Crippen LogP contribution >= 0.6 is 15.9 Å². The van der Waals surface area contributed by atoms with E-state index in [4.69, 9.17) is 14.2 Å². The number of rotatable bonds is 7. The van der Waals surface area contributed by atoms with Crippen molar-refractivity contribution < 1.29 is 23.8 Å². The average molecular weight is 408 g/mol. The van der Waals surface area contributed by atoms with Crippen molar-refractivity contribution in [2.75, 3.05) is 20.8 Å². The van der Waals surface area contributed by atoms with Crippen molar-refractivity contribution in [3.8, 4) is 11.5 Å². The number of benzene rings is 2. The van der Waals surface area contributed by atoms with Crippen molar-refractivity contribution in [2.45, 2.75) is 6.54 Å². The van der Waals surface area contributed by atoms with Gasteiger partial charge in [0.1, 0.15) is 0 Å². The standard InChI is InChI=1S/C18H18BrNO5/c1-23-15-7-6-12(8-16(15)24-2)10-20-17(21)11-25-18(22)13-4-3-5-14(19)9-13/h3-9H,10-11H2,1-2H3,(H,20,21). The Morgan fingerprint density at radius 2 is 1.80 bits per heavy atom. The van der Waals surface area contributed by atoms with Gasteiger partial charge in [-0.05, 0) is 35.9 Å². The second-order valence-corrected chi connectivity index (χ2v) is 5.97. The third-order valence-corrected chi connectivity index (χ3v) is 3.83. The number of carbonyl (C=O) groups is 2. The minimum atomic E-state index is -0.553. The van der Waals surface area contributed by atoms with Gasteiger partial charge >= 0.3 is 5.97 Å². The fraction of sp³-hybridized carbons (Fsp3) is 0.222. The van der Waals surface area contributed by atoms with Gasteiger partial charge in [-0.1, -0.05) is 28.1 Å². The quantitative estimate of drug-likeness (QED) is 0.714. The molecule has 0 heterocycles. The first-order chi connectivity index (χ1) is 12.0. The van der Waals surface area contributed by atoms with Gasteiger partial charge in [-0.2, -0.15) is 0 Å². The van der Waals surface area contributed by atoms with Gasteiger partial charge in [0, 0.05) is 11.0 Å². The summed E-state index contributed by atoms with van der Waals surface area (Å²) in [6.07, 6.45) is 0. The number of ether oxygens (including phenoxy) is 3. The average Bonchev–Trinajstić information content (AvgIpc) is 2.64. The molecule has 2 aromatic carbocycles. The van der Waals surface area contributed by atoms with Crippen molar-refractivity contribution in [3.63, 3.8) is 0 Å². The Hall–Kier alpha value is -2.54. The minimum absolute atomic E-state index is 0.285. The first-order valence-electron chi connectivity index (χ1n) is 7.43. The molecule has 2 aromatic rings. The smallest absolute Gasteiger partial charge is 0.338 e. The van der Waals surface area contributed by atoms with E-state index < -0.39 is 11.9 Å². The van der Waals surface area contributed by atoms with E-state index in [1.54, 1.807) is 50.6 Å². The van der Waals surface area contributed by atoms with Crippen LogP contribution in [-0.4, -0.2) is 32.7 Å². The molecular weight excluding hydrogens is 390 g/mol. The van der Waals surface area contributed by atoms with E-state index in [0.717, 1.165) is 10.0 Å². The maximum atomic E-state index is 11.9. The lowest BCUT2D eigenvalue weighted by Crippen LogP contribution is -2.28. The van der Waals surface area contributed by atoms with Gasteiger partial charge in [0.05, 0.1) is 19.8 Å². The van der Waals surface area contributed by atoms with Gasteiger partial charge in [0.15, 0.2) is 18.1 Å². The van der Waals surface area contributed by atoms with E-state index >= 15 is 0 Å². The zero-order valence-corrected chi connectivity index (χ0v) is 15.5. The lowest BCUT2D eigenvalue weighted by atomic mass is 10.2. The molecule has 0 fully saturated rings. The molecule has 0 spiro atoms. The van der Waals surface area contributed by atoms with Crippen LogP contribution in [-0.2, 0) is 16.1 Å². The molecule has 6 nitrogen and oxygen atoms in total. The SMILES string of the molecule is COc1ccc(CNC(=O)COC(=O)c2cccc(Br)c2)cc1OC. The number of hydrogen-bond donors (Lipinski definition) is 1. The normalized spacial score (nSPS) is 10.0. The summed E-state index contributed by atoms with van der Waals surface area (Å²) in [6, 6.07) is 12.1. The zero-order chi connectivity index (χ0) is 18.2. The molecule has 2 rings (SSSR count). The van der Waals surface area contributed by atoms with Crippen LogP contribution < -0.4 is 14.8 Å². The van der Waals surface area contributed by atoms with Gasteiger partial charge in [-0.15, -0.1) is 0 Å². The summed E-state index contributed by atoms with van der Waals surface area (Å²) in [6.45, 7) is -0.0632. The largest absolute Gasteiger partial charge is 0.493 e. The predicted octanol–water partition coefficient (Wildman–Crippen LogP) is 2.94. The maximum Gasteiger partial charge on any atom is 0.338 e. The molecular formula is C18H18BrNO5. The zero-order valence-electron chi connectivity index (χ0n) is 13.9. The highest BCUT2D eigenvalue weighted by atomic mass is 79.9. The third-order valence-electron chi connectivity index (χ3n) is 3.33. The number of halogens is 1. The molecule has 0 aliphatic rings. The lowest BCUT2D eigenvalue weighted by Gasteiger charge is -2.10. The lowest BCUT2D eigenvalue weighted by molar-refractivity contribution is -0.124. The van der Waals surface area contributed by atoms with Crippen molar-refractivity contribution in [2.24, 2.45) is 0 Å². The van der Waals surface area contributed by atoms with E-state index in [0.29, 0.717) is 17.1 Å². The number of esters is 1. The summed E-state index contributed by atoms with van der Waals surface area (Å²) >= 11 is 3.28. The van der Waals surface area contributed by atoms with Crippen LogP contribution in [0.1, 0.15) is 15.9 Å². The summed E-state index contributed by atoms with van der Waals surface area (Å²) in [5.74, 6) is 0.247. The summed E-state index contributed by atoms with van der Waals surface area (Å²) < 4.78 is 16.1. The highest BCUT2D eigenvalue weighted by Crippen LogP contribution is 2.27. The Balaban J connectivity index is 1.83. The highest BCUT2D eigenvalue weighted by Gasteiger charge is 2.11. The van der Waals surface area contributed by atoms with Crippen LogP contribution in [0.3, 0.4) is 0 Å². The second kappa shape index (κ2) is 9.08. The van der Waals surface area contributed by atoms with E-state index in [1.807, 2.05) is 6.07 Å². The molecule has 25 heavy (non-hydrogen) atoms. The van der Waals surface area contributed by atoms with Gasteiger partial charge in [0.2, 0.25) is 0 Å². The summed E-state index contributed by atoms with van der Waals surface area (Å²) in [7, 11) is 3.10. The summed E-state index contributed by atoms with van der Waals surface area (Å²) in [5, 5.41) is 2.68. The Morgan fingerprint density at radius 1 is 1.04 bits per heavy atom. The first-order valence-corrected chi connectivity index (χ1v) is 8.23. The van der Waals surface area contributed by atoms with Gasteiger partial charge in [0.25, 0.3) is 5.91 Å².